The van der Waals surface area contributed by atoms with Crippen molar-refractivity contribution >= 4 is 6.29 Å². The molecule has 2 rings (SSSR count). The molecule has 2 atom stereocenters. The monoisotopic (exact) mass is 289 g/mol. The quantitative estimate of drug-likeness (QED) is 0.567. The number of nitrogens with zero attached hydrogens (tertiary/aromatic N) is 1. The lowest BCUT2D eigenvalue weighted by atomic mass is 9.92. The summed E-state index contributed by atoms with van der Waals surface area (Å²) in [6.45, 7) is 9.01. The van der Waals surface area contributed by atoms with Crippen LogP contribution in [-0.4, -0.2) is 37.4 Å². The summed E-state index contributed by atoms with van der Waals surface area (Å²) < 4.78 is 5.71. The molecule has 3 nitrogen and oxygen atoms in total. The molecule has 1 saturated heterocycles. The van der Waals surface area contributed by atoms with Crippen LogP contribution in [0.3, 0.4) is 0 Å². The maximum Gasteiger partial charge on any atom is 0.153 e. The van der Waals surface area contributed by atoms with Gasteiger partial charge in [0.1, 0.15) is 5.75 Å². The lowest BCUT2D eigenvalue weighted by molar-refractivity contribution is 0.111. The van der Waals surface area contributed by atoms with Crippen LogP contribution in [0, 0.1) is 11.8 Å². The predicted octanol–water partition coefficient (Wildman–Crippen LogP) is 3.64. The third-order valence-corrected chi connectivity index (χ3v) is 4.12. The van der Waals surface area contributed by atoms with Crippen LogP contribution in [-0.2, 0) is 0 Å². The molecule has 3 heteroatoms. The average Bonchev–Trinajstić information content (AvgIpc) is 2.46. The number of carbonyl (C=O) groups is 1. The summed E-state index contributed by atoms with van der Waals surface area (Å²) in [7, 11) is 0. The van der Waals surface area contributed by atoms with Gasteiger partial charge >= 0.3 is 0 Å². The lowest BCUT2D eigenvalue weighted by Gasteiger charge is -2.34. The van der Waals surface area contributed by atoms with Crippen molar-refractivity contribution in [3.05, 3.63) is 29.8 Å². The van der Waals surface area contributed by atoms with E-state index < -0.39 is 0 Å². The van der Waals surface area contributed by atoms with Crippen molar-refractivity contribution in [3.63, 3.8) is 0 Å². The van der Waals surface area contributed by atoms with E-state index in [2.05, 4.69) is 18.7 Å². The molecule has 0 aliphatic carbocycles. The summed E-state index contributed by atoms with van der Waals surface area (Å²) >= 11 is 0. The average molecular weight is 289 g/mol. The van der Waals surface area contributed by atoms with E-state index in [1.54, 1.807) is 6.07 Å². The summed E-state index contributed by atoms with van der Waals surface area (Å²) in [5, 5.41) is 0. The summed E-state index contributed by atoms with van der Waals surface area (Å²) in [6, 6.07) is 7.41. The molecule has 1 heterocycles. The minimum atomic E-state index is 0.635. The minimum Gasteiger partial charge on any atom is -0.493 e. The van der Waals surface area contributed by atoms with Crippen molar-refractivity contribution in [2.75, 3.05) is 26.2 Å². The number of aldehydes is 1. The first kappa shape index (κ1) is 16.0. The van der Waals surface area contributed by atoms with Crippen LogP contribution < -0.4 is 4.74 Å². The molecule has 1 aromatic rings. The highest BCUT2D eigenvalue weighted by atomic mass is 16.5. The summed E-state index contributed by atoms with van der Waals surface area (Å²) in [4.78, 5) is 13.5. The van der Waals surface area contributed by atoms with Gasteiger partial charge in [-0.15, -0.1) is 0 Å². The molecule has 0 radical (unpaired) electrons. The minimum absolute atomic E-state index is 0.635. The number of likely N-dealkylation sites (tertiary alicyclic amines) is 1. The van der Waals surface area contributed by atoms with Crippen molar-refractivity contribution in [2.24, 2.45) is 11.8 Å². The van der Waals surface area contributed by atoms with Crippen LogP contribution in [0.25, 0.3) is 0 Å². The number of piperidine rings is 1. The van der Waals surface area contributed by atoms with Crippen LogP contribution in [0.4, 0.5) is 0 Å². The third kappa shape index (κ3) is 5.16. The van der Waals surface area contributed by atoms with Crippen molar-refractivity contribution in [2.45, 2.75) is 33.1 Å². The second kappa shape index (κ2) is 8.18. The number of rotatable bonds is 7. The van der Waals surface area contributed by atoms with Gasteiger partial charge in [-0.3, -0.25) is 4.79 Å². The zero-order valence-electron chi connectivity index (χ0n) is 13.3. The summed E-state index contributed by atoms with van der Waals surface area (Å²) in [6.07, 6.45) is 4.41. The van der Waals surface area contributed by atoms with Gasteiger partial charge in [0.2, 0.25) is 0 Å². The fraction of sp³-hybridized carbons (Fsp3) is 0.611. The number of hydrogen-bond acceptors (Lipinski definition) is 3. The Morgan fingerprint density at radius 1 is 1.19 bits per heavy atom. The third-order valence-electron chi connectivity index (χ3n) is 4.12. The van der Waals surface area contributed by atoms with E-state index in [-0.39, 0.29) is 0 Å². The molecule has 1 aromatic carbocycles. The first-order valence-corrected chi connectivity index (χ1v) is 8.08. The maximum atomic E-state index is 10.9. The Kier molecular flexibility index (Phi) is 6.24. The number of para-hydroxylation sites is 1. The van der Waals surface area contributed by atoms with Gasteiger partial charge in [-0.2, -0.15) is 0 Å². The number of carbonyl (C=O) groups excluding carboxylic acids is 1. The predicted molar refractivity (Wildman–Crippen MR) is 85.9 cm³/mol. The van der Waals surface area contributed by atoms with E-state index in [1.165, 1.54) is 19.5 Å². The fourth-order valence-corrected chi connectivity index (χ4v) is 3.30. The largest absolute Gasteiger partial charge is 0.493 e. The molecule has 1 fully saturated rings. The Balaban J connectivity index is 1.65. The Hall–Kier alpha value is -1.35. The van der Waals surface area contributed by atoms with Crippen LogP contribution in [0.5, 0.6) is 5.75 Å². The van der Waals surface area contributed by atoms with Crippen molar-refractivity contribution in [1.82, 2.24) is 4.90 Å². The number of hydrogen-bond donors (Lipinski definition) is 0. The molecule has 2 unspecified atom stereocenters. The molecule has 116 valence electrons. The smallest absolute Gasteiger partial charge is 0.153 e. The lowest BCUT2D eigenvalue weighted by Crippen LogP contribution is -2.39. The normalized spacial score (nSPS) is 23.0. The van der Waals surface area contributed by atoms with Gasteiger partial charge in [0.05, 0.1) is 12.2 Å². The molecule has 0 N–H and O–H groups in total. The Labute approximate surface area is 128 Å². The second-order valence-corrected chi connectivity index (χ2v) is 6.42. The van der Waals surface area contributed by atoms with E-state index in [1.807, 2.05) is 18.2 Å². The van der Waals surface area contributed by atoms with Gasteiger partial charge in [0.25, 0.3) is 0 Å². The number of ether oxygens (including phenoxy) is 1. The molecule has 0 bridgehead atoms. The van der Waals surface area contributed by atoms with E-state index in [9.17, 15) is 4.79 Å². The molecule has 21 heavy (non-hydrogen) atoms. The van der Waals surface area contributed by atoms with Crippen LogP contribution >= 0.6 is 0 Å². The molecule has 0 spiro atoms. The molecule has 0 saturated carbocycles. The van der Waals surface area contributed by atoms with E-state index >= 15 is 0 Å². The first-order valence-electron chi connectivity index (χ1n) is 8.08. The molecular weight excluding hydrogens is 262 g/mol. The molecule has 1 aliphatic heterocycles. The summed E-state index contributed by atoms with van der Waals surface area (Å²) in [5.41, 5.74) is 0.635. The highest BCUT2D eigenvalue weighted by molar-refractivity contribution is 5.79. The molecular formula is C18H27NO2. The second-order valence-electron chi connectivity index (χ2n) is 6.42. The summed E-state index contributed by atoms with van der Waals surface area (Å²) in [5.74, 6) is 2.35. The van der Waals surface area contributed by atoms with Gasteiger partial charge in [-0.25, -0.2) is 0 Å². The Morgan fingerprint density at radius 2 is 1.90 bits per heavy atom. The Morgan fingerprint density at radius 3 is 2.62 bits per heavy atom. The number of benzene rings is 1. The maximum absolute atomic E-state index is 10.9. The SMILES string of the molecule is CC1CC(C)CN(CCCCOc2ccccc2C=O)C1. The zero-order chi connectivity index (χ0) is 15.1. The topological polar surface area (TPSA) is 29.5 Å². The zero-order valence-corrected chi connectivity index (χ0v) is 13.3. The van der Waals surface area contributed by atoms with Gasteiger partial charge in [0.15, 0.2) is 6.29 Å². The van der Waals surface area contributed by atoms with Crippen LogP contribution in [0.15, 0.2) is 24.3 Å². The van der Waals surface area contributed by atoms with Crippen molar-refractivity contribution in [1.29, 1.82) is 0 Å². The highest BCUT2D eigenvalue weighted by Crippen LogP contribution is 2.21. The molecule has 0 amide bonds. The Bertz CT molecular complexity index is 437. The van der Waals surface area contributed by atoms with Crippen molar-refractivity contribution in [3.8, 4) is 5.75 Å². The standard InChI is InChI=1S/C18H27NO2/c1-15-11-16(2)13-19(12-15)9-5-6-10-21-18-8-4-3-7-17(18)14-20/h3-4,7-8,14-16H,5-6,9-13H2,1-2H3. The fourth-order valence-electron chi connectivity index (χ4n) is 3.30. The first-order chi connectivity index (χ1) is 10.2. The van der Waals surface area contributed by atoms with Gasteiger partial charge < -0.3 is 9.64 Å². The number of unbranched alkanes of at least 4 members (excludes halogenated alkanes) is 1. The molecule has 1 aliphatic rings. The van der Waals surface area contributed by atoms with Gasteiger partial charge in [-0.05, 0) is 49.8 Å². The van der Waals surface area contributed by atoms with E-state index in [0.29, 0.717) is 17.9 Å². The van der Waals surface area contributed by atoms with Crippen LogP contribution in [0.2, 0.25) is 0 Å². The van der Waals surface area contributed by atoms with Gasteiger partial charge in [0, 0.05) is 13.1 Å². The van der Waals surface area contributed by atoms with Crippen LogP contribution in [0.1, 0.15) is 43.5 Å². The van der Waals surface area contributed by atoms with Gasteiger partial charge in [-0.1, -0.05) is 26.0 Å². The van der Waals surface area contributed by atoms with E-state index in [4.69, 9.17) is 4.74 Å². The highest BCUT2D eigenvalue weighted by Gasteiger charge is 2.20. The van der Waals surface area contributed by atoms with E-state index in [0.717, 1.165) is 37.5 Å². The van der Waals surface area contributed by atoms with Crippen molar-refractivity contribution < 1.29 is 9.53 Å². The molecule has 0 aromatic heterocycles.